The molecule has 2 aliphatic rings. The minimum atomic E-state index is -0.582. The van der Waals surface area contributed by atoms with E-state index in [4.69, 9.17) is 14.0 Å². The van der Waals surface area contributed by atoms with Crippen LogP contribution in [0.15, 0.2) is 18.2 Å². The molecule has 0 atom stereocenters. The minimum Gasteiger partial charge on any atom is -0.444 e. The molecule has 0 aromatic heterocycles. The van der Waals surface area contributed by atoms with Gasteiger partial charge in [0, 0.05) is 24.5 Å². The lowest BCUT2D eigenvalue weighted by molar-refractivity contribution is 0.00578. The van der Waals surface area contributed by atoms with Gasteiger partial charge in [-0.3, -0.25) is 0 Å². The second-order valence-corrected chi connectivity index (χ2v) is 9.63. The van der Waals surface area contributed by atoms with E-state index >= 15 is 0 Å². The van der Waals surface area contributed by atoms with Gasteiger partial charge < -0.3 is 18.9 Å². The van der Waals surface area contributed by atoms with Crippen molar-refractivity contribution in [3.05, 3.63) is 29.3 Å². The zero-order valence-electron chi connectivity index (χ0n) is 17.8. The molecule has 1 amide bonds. The van der Waals surface area contributed by atoms with E-state index in [2.05, 4.69) is 6.07 Å². The van der Waals surface area contributed by atoms with Crippen LogP contribution in [0, 0.1) is 11.3 Å². The highest BCUT2D eigenvalue weighted by Gasteiger charge is 2.52. The van der Waals surface area contributed by atoms with Crippen molar-refractivity contribution in [1.29, 1.82) is 5.26 Å². The van der Waals surface area contributed by atoms with Gasteiger partial charge >= 0.3 is 13.2 Å². The van der Waals surface area contributed by atoms with Gasteiger partial charge in [-0.25, -0.2) is 4.79 Å². The van der Waals surface area contributed by atoms with Gasteiger partial charge in [0.15, 0.2) is 0 Å². The minimum absolute atomic E-state index is 0.210. The fourth-order valence-corrected chi connectivity index (χ4v) is 3.27. The summed E-state index contributed by atoms with van der Waals surface area (Å²) in [6.45, 7) is 14.8. The normalized spacial score (nSPS) is 21.2. The molecule has 7 heteroatoms. The van der Waals surface area contributed by atoms with E-state index in [0.717, 1.165) is 11.0 Å². The Kier molecular flexibility index (Phi) is 5.02. The number of likely N-dealkylation sites (tertiary alicyclic amines) is 1. The molecular weight excluding hydrogens is 355 g/mol. The van der Waals surface area contributed by atoms with Gasteiger partial charge in [0.2, 0.25) is 0 Å². The molecule has 28 heavy (non-hydrogen) atoms. The fraction of sp³-hybridized carbons (Fsp3) is 0.619. The van der Waals surface area contributed by atoms with Crippen LogP contribution in [0.2, 0.25) is 0 Å². The van der Waals surface area contributed by atoms with Crippen molar-refractivity contribution in [1.82, 2.24) is 4.90 Å². The van der Waals surface area contributed by atoms with Gasteiger partial charge in [-0.15, -0.1) is 0 Å². The van der Waals surface area contributed by atoms with Crippen LogP contribution >= 0.6 is 0 Å². The highest BCUT2D eigenvalue weighted by Crippen LogP contribution is 2.37. The summed E-state index contributed by atoms with van der Waals surface area (Å²) in [5.74, 6) is 0.210. The van der Waals surface area contributed by atoms with Crippen molar-refractivity contribution in [3.8, 4) is 6.07 Å². The summed E-state index contributed by atoms with van der Waals surface area (Å²) >= 11 is 0. The Bertz CT molecular complexity index is 801. The van der Waals surface area contributed by atoms with Crippen LogP contribution in [-0.2, 0) is 14.0 Å². The van der Waals surface area contributed by atoms with Crippen LogP contribution in [0.5, 0.6) is 0 Å². The molecule has 0 saturated carbocycles. The molecule has 2 heterocycles. The predicted molar refractivity (Wildman–Crippen MR) is 107 cm³/mol. The quantitative estimate of drug-likeness (QED) is 0.733. The second kappa shape index (κ2) is 6.79. The van der Waals surface area contributed by atoms with E-state index < -0.39 is 23.9 Å². The molecule has 150 valence electrons. The summed E-state index contributed by atoms with van der Waals surface area (Å²) in [4.78, 5) is 13.9. The summed E-state index contributed by atoms with van der Waals surface area (Å²) in [5.41, 5.74) is 0.929. The van der Waals surface area contributed by atoms with Crippen molar-refractivity contribution in [2.75, 3.05) is 13.1 Å². The Balaban J connectivity index is 1.75. The smallest absolute Gasteiger partial charge is 0.444 e. The number of nitriles is 1. The third kappa shape index (κ3) is 3.89. The van der Waals surface area contributed by atoms with Gasteiger partial charge in [-0.1, -0.05) is 12.1 Å². The van der Waals surface area contributed by atoms with Crippen molar-refractivity contribution in [3.63, 3.8) is 0 Å². The van der Waals surface area contributed by atoms with Crippen LogP contribution in [-0.4, -0.2) is 48.0 Å². The first-order valence-corrected chi connectivity index (χ1v) is 9.70. The SMILES string of the molecule is CC(C)(C)OC(=O)N1CC(c2ccc(C#N)c(B3OC(C)(C)C(C)(C)O3)c2)C1. The molecule has 6 nitrogen and oxygen atoms in total. The Morgan fingerprint density at radius 2 is 1.79 bits per heavy atom. The van der Waals surface area contributed by atoms with E-state index in [9.17, 15) is 10.1 Å². The molecule has 0 bridgehead atoms. The standard InChI is InChI=1S/C21H29BN2O4/c1-19(2,3)26-18(25)24-12-16(13-24)14-8-9-15(11-23)17(10-14)22-27-20(4,5)21(6,7)28-22/h8-10,16H,12-13H2,1-7H3. The van der Waals surface area contributed by atoms with Crippen LogP contribution in [0.3, 0.4) is 0 Å². The lowest BCUT2D eigenvalue weighted by Gasteiger charge is -2.40. The summed E-state index contributed by atoms with van der Waals surface area (Å²) < 4.78 is 17.7. The maximum Gasteiger partial charge on any atom is 0.496 e. The zero-order valence-corrected chi connectivity index (χ0v) is 17.8. The second-order valence-electron chi connectivity index (χ2n) is 9.63. The van der Waals surface area contributed by atoms with Gasteiger partial charge in [0.1, 0.15) is 5.60 Å². The number of carbonyl (C=O) groups is 1. The largest absolute Gasteiger partial charge is 0.496 e. The van der Waals surface area contributed by atoms with Gasteiger partial charge in [0.25, 0.3) is 0 Å². The average molecular weight is 384 g/mol. The summed E-state index contributed by atoms with van der Waals surface area (Å²) in [6.07, 6.45) is -0.288. The predicted octanol–water partition coefficient (Wildman–Crippen LogP) is 3.19. The first-order valence-electron chi connectivity index (χ1n) is 9.70. The zero-order chi connectivity index (χ0) is 20.9. The molecule has 3 rings (SSSR count). The maximum absolute atomic E-state index is 12.2. The monoisotopic (exact) mass is 384 g/mol. The molecule has 0 N–H and O–H groups in total. The molecule has 2 fully saturated rings. The number of rotatable bonds is 2. The van der Waals surface area contributed by atoms with Gasteiger partial charge in [-0.05, 0) is 60.1 Å². The fourth-order valence-electron chi connectivity index (χ4n) is 3.27. The van der Waals surface area contributed by atoms with Crippen molar-refractivity contribution >= 4 is 18.7 Å². The molecule has 2 aliphatic heterocycles. The number of benzene rings is 1. The molecular formula is C21H29BN2O4. The van der Waals surface area contributed by atoms with Crippen molar-refractivity contribution < 1.29 is 18.8 Å². The van der Waals surface area contributed by atoms with Gasteiger partial charge in [-0.2, -0.15) is 5.26 Å². The molecule has 0 radical (unpaired) electrons. The first kappa shape index (κ1) is 20.7. The third-order valence-corrected chi connectivity index (χ3v) is 5.71. The summed E-state index contributed by atoms with van der Waals surface area (Å²) in [5, 5.41) is 9.53. The lowest BCUT2D eigenvalue weighted by Crippen LogP contribution is -2.50. The van der Waals surface area contributed by atoms with Crippen LogP contribution in [0.25, 0.3) is 0 Å². The van der Waals surface area contributed by atoms with Gasteiger partial charge in [0.05, 0.1) is 22.8 Å². The molecule has 0 spiro atoms. The van der Waals surface area contributed by atoms with Crippen molar-refractivity contribution in [2.45, 2.75) is 71.2 Å². The number of hydrogen-bond donors (Lipinski definition) is 0. The van der Waals surface area contributed by atoms with Crippen molar-refractivity contribution in [2.24, 2.45) is 0 Å². The van der Waals surface area contributed by atoms with E-state index in [1.54, 1.807) is 4.90 Å². The highest BCUT2D eigenvalue weighted by atomic mass is 16.7. The van der Waals surface area contributed by atoms with Crippen LogP contribution in [0.4, 0.5) is 4.79 Å². The molecule has 0 aliphatic carbocycles. The Hall–Kier alpha value is -2.04. The molecule has 0 unspecified atom stereocenters. The topological polar surface area (TPSA) is 71.8 Å². The number of hydrogen-bond acceptors (Lipinski definition) is 5. The highest BCUT2D eigenvalue weighted by molar-refractivity contribution is 6.62. The summed E-state index contributed by atoms with van der Waals surface area (Å²) in [6, 6.07) is 7.98. The van der Waals surface area contributed by atoms with E-state index in [0.29, 0.717) is 18.7 Å². The molecule has 2 saturated heterocycles. The third-order valence-electron chi connectivity index (χ3n) is 5.71. The van der Waals surface area contributed by atoms with E-state index in [1.165, 1.54) is 0 Å². The van der Waals surface area contributed by atoms with E-state index in [1.807, 2.05) is 66.7 Å². The number of nitrogens with zero attached hydrogens (tertiary/aromatic N) is 2. The van der Waals surface area contributed by atoms with E-state index in [-0.39, 0.29) is 12.0 Å². The molecule has 1 aromatic rings. The maximum atomic E-state index is 12.2. The first-order chi connectivity index (χ1) is 12.8. The number of amides is 1. The summed E-state index contributed by atoms with van der Waals surface area (Å²) in [7, 11) is -0.582. The van der Waals surface area contributed by atoms with Crippen LogP contribution in [0.1, 0.15) is 65.5 Å². The number of ether oxygens (including phenoxy) is 1. The lowest BCUT2D eigenvalue weighted by atomic mass is 9.74. The Morgan fingerprint density at radius 1 is 1.21 bits per heavy atom. The Labute approximate surface area is 167 Å². The number of carbonyl (C=O) groups excluding carboxylic acids is 1. The Morgan fingerprint density at radius 3 is 2.29 bits per heavy atom. The average Bonchev–Trinajstić information content (AvgIpc) is 2.72. The molecule has 1 aromatic carbocycles. The van der Waals surface area contributed by atoms with Crippen LogP contribution < -0.4 is 5.46 Å².